The molecule has 2 atom stereocenters. The highest BCUT2D eigenvalue weighted by molar-refractivity contribution is 5.54. The number of nitrogens with one attached hydrogen (secondary N) is 2. The van der Waals surface area contributed by atoms with E-state index >= 15 is 0 Å². The molecule has 5 rings (SSSR count). The maximum Gasteiger partial charge on any atom is 0.172 e. The zero-order valence-corrected chi connectivity index (χ0v) is 17.9. The molecular weight excluding hydrogens is 390 g/mol. The van der Waals surface area contributed by atoms with Gasteiger partial charge in [0, 0.05) is 57.9 Å². The predicted octanol–water partition coefficient (Wildman–Crippen LogP) is 1.44. The Labute approximate surface area is 183 Å². The summed E-state index contributed by atoms with van der Waals surface area (Å²) < 4.78 is 5.38. The first-order valence-corrected chi connectivity index (χ1v) is 11.0. The molecule has 2 fully saturated rings. The van der Waals surface area contributed by atoms with Crippen LogP contribution in [0.15, 0.2) is 64.7 Å². The third-order valence-electron chi connectivity index (χ3n) is 6.42. The number of anilines is 1. The fourth-order valence-corrected chi connectivity index (χ4v) is 4.62. The molecule has 0 bridgehead atoms. The molecule has 4 aliphatic rings. The van der Waals surface area contributed by atoms with Gasteiger partial charge in [-0.2, -0.15) is 0 Å². The predicted molar refractivity (Wildman–Crippen MR) is 119 cm³/mol. The van der Waals surface area contributed by atoms with Crippen LogP contribution >= 0.6 is 0 Å². The van der Waals surface area contributed by atoms with Crippen molar-refractivity contribution in [1.82, 2.24) is 20.5 Å². The number of hydrogen-bond acceptors (Lipinski definition) is 7. The zero-order valence-electron chi connectivity index (χ0n) is 17.9. The highest BCUT2D eigenvalue weighted by Gasteiger charge is 2.31. The minimum atomic E-state index is -0.0479. The second-order valence-electron chi connectivity index (χ2n) is 8.39. The molecule has 2 unspecified atom stereocenters. The van der Waals surface area contributed by atoms with Crippen molar-refractivity contribution >= 4 is 5.69 Å². The summed E-state index contributed by atoms with van der Waals surface area (Å²) in [6.07, 6.45) is 7.18. The number of methoxy groups -OCH3 is 1. The van der Waals surface area contributed by atoms with Gasteiger partial charge in [0.15, 0.2) is 5.76 Å². The fraction of sp³-hybridized carbons (Fsp3) is 0.458. The van der Waals surface area contributed by atoms with Crippen molar-refractivity contribution in [2.24, 2.45) is 5.92 Å². The van der Waals surface area contributed by atoms with Crippen LogP contribution in [0.5, 0.6) is 0 Å². The summed E-state index contributed by atoms with van der Waals surface area (Å²) in [5, 5.41) is 16.6. The summed E-state index contributed by atoms with van der Waals surface area (Å²) in [5.41, 5.74) is 11.6. The minimum absolute atomic E-state index is 0.0479. The normalized spacial score (nSPS) is 25.2. The highest BCUT2D eigenvalue weighted by Crippen LogP contribution is 2.35. The van der Waals surface area contributed by atoms with Crippen LogP contribution in [-0.4, -0.2) is 68.0 Å². The SMILES string of the molecule is COC1=C=C=C2C(=C1)NC(c1ccc(N3CCNCC3)cn1)C=C2N1CCC(CO)C1. The number of fused-ring (bicyclic) bond motifs is 1. The lowest BCUT2D eigenvalue weighted by molar-refractivity contribution is 0.229. The van der Waals surface area contributed by atoms with Gasteiger partial charge >= 0.3 is 0 Å². The molecule has 7 nitrogen and oxygen atoms in total. The van der Waals surface area contributed by atoms with Crippen LogP contribution in [0.2, 0.25) is 0 Å². The van der Waals surface area contributed by atoms with Crippen LogP contribution < -0.4 is 15.5 Å². The molecule has 0 radical (unpaired) electrons. The summed E-state index contributed by atoms with van der Waals surface area (Å²) in [4.78, 5) is 9.52. The number of aliphatic hydroxyl groups excluding tert-OH is 1. The maximum atomic E-state index is 9.60. The third kappa shape index (κ3) is 4.01. The molecule has 3 N–H and O–H groups in total. The van der Waals surface area contributed by atoms with Gasteiger partial charge in [-0.15, -0.1) is 0 Å². The summed E-state index contributed by atoms with van der Waals surface area (Å²) in [5.74, 6) is 0.972. The molecule has 162 valence electrons. The van der Waals surface area contributed by atoms with E-state index < -0.39 is 0 Å². The second kappa shape index (κ2) is 8.66. The van der Waals surface area contributed by atoms with Crippen LogP contribution in [-0.2, 0) is 4.74 Å². The van der Waals surface area contributed by atoms with Crippen molar-refractivity contribution in [3.05, 3.63) is 70.4 Å². The quantitative estimate of drug-likeness (QED) is 0.624. The van der Waals surface area contributed by atoms with E-state index in [-0.39, 0.29) is 12.6 Å². The largest absolute Gasteiger partial charge is 0.489 e. The molecule has 0 amide bonds. The Hall–Kier alpha value is -2.95. The van der Waals surface area contributed by atoms with Gasteiger partial charge in [0.2, 0.25) is 0 Å². The van der Waals surface area contributed by atoms with E-state index in [1.165, 1.54) is 5.69 Å². The second-order valence-corrected chi connectivity index (χ2v) is 8.39. The van der Waals surface area contributed by atoms with Gasteiger partial charge in [0.05, 0.1) is 47.7 Å². The lowest BCUT2D eigenvalue weighted by atomic mass is 9.96. The van der Waals surface area contributed by atoms with Gasteiger partial charge < -0.3 is 30.3 Å². The number of rotatable bonds is 5. The van der Waals surface area contributed by atoms with Gasteiger partial charge in [-0.1, -0.05) is 5.73 Å². The van der Waals surface area contributed by atoms with Gasteiger partial charge in [-0.05, 0) is 30.4 Å². The minimum Gasteiger partial charge on any atom is -0.489 e. The number of pyridine rings is 1. The first kappa shape index (κ1) is 20.0. The van der Waals surface area contributed by atoms with E-state index in [0.29, 0.717) is 11.7 Å². The first-order valence-electron chi connectivity index (χ1n) is 11.0. The summed E-state index contributed by atoms with van der Waals surface area (Å²) in [7, 11) is 1.64. The molecule has 0 aromatic carbocycles. The molecular formula is C24H29N5O2. The lowest BCUT2D eigenvalue weighted by Gasteiger charge is -2.33. The lowest BCUT2D eigenvalue weighted by Crippen LogP contribution is -2.43. The summed E-state index contributed by atoms with van der Waals surface area (Å²) in [6, 6.07) is 4.24. The Morgan fingerprint density at radius 3 is 2.77 bits per heavy atom. The highest BCUT2D eigenvalue weighted by atomic mass is 16.5. The maximum absolute atomic E-state index is 9.60. The molecule has 4 heterocycles. The molecule has 1 aliphatic carbocycles. The Morgan fingerprint density at radius 2 is 2.06 bits per heavy atom. The van der Waals surface area contributed by atoms with Crippen LogP contribution in [0, 0.1) is 5.92 Å². The van der Waals surface area contributed by atoms with Crippen molar-refractivity contribution in [3.63, 3.8) is 0 Å². The standard InChI is InChI=1S/C24H29N5O2/c1-31-19-3-4-20-22(12-19)27-23(13-24(20)29-9-6-17(15-29)16-30)21-5-2-18(14-26-21)28-10-7-25-8-11-28/h2,5,12-14,17,23,25,27,30H,6-11,15-16H2,1H3. The van der Waals surface area contributed by atoms with Gasteiger partial charge in [0.1, 0.15) is 0 Å². The number of aliphatic hydroxyl groups is 1. The van der Waals surface area contributed by atoms with E-state index in [2.05, 4.69) is 50.1 Å². The topological polar surface area (TPSA) is 72.9 Å². The number of likely N-dealkylation sites (tertiary alicyclic amines) is 1. The molecule has 1 aromatic rings. The van der Waals surface area contributed by atoms with Crippen molar-refractivity contribution in [1.29, 1.82) is 0 Å². The van der Waals surface area contributed by atoms with E-state index in [1.54, 1.807) is 7.11 Å². The molecule has 0 spiro atoms. The van der Waals surface area contributed by atoms with Gasteiger partial charge in [-0.25, -0.2) is 0 Å². The van der Waals surface area contributed by atoms with Crippen LogP contribution in [0.3, 0.4) is 0 Å². The summed E-state index contributed by atoms with van der Waals surface area (Å²) >= 11 is 0. The van der Waals surface area contributed by atoms with Gasteiger partial charge in [0.25, 0.3) is 0 Å². The third-order valence-corrected chi connectivity index (χ3v) is 6.42. The van der Waals surface area contributed by atoms with Crippen LogP contribution in [0.25, 0.3) is 0 Å². The van der Waals surface area contributed by atoms with Crippen LogP contribution in [0.4, 0.5) is 5.69 Å². The van der Waals surface area contributed by atoms with E-state index in [0.717, 1.165) is 68.4 Å². The number of piperazine rings is 1. The van der Waals surface area contributed by atoms with Crippen LogP contribution in [0.1, 0.15) is 18.2 Å². The zero-order chi connectivity index (χ0) is 21.2. The molecule has 0 saturated carbocycles. The Balaban J connectivity index is 1.45. The number of allylic oxidation sites excluding steroid dienone is 1. The van der Waals surface area contributed by atoms with Crippen molar-refractivity contribution in [3.8, 4) is 0 Å². The Kier molecular flexibility index (Phi) is 5.58. The first-order chi connectivity index (χ1) is 15.2. The van der Waals surface area contributed by atoms with E-state index in [1.807, 2.05) is 12.3 Å². The molecule has 31 heavy (non-hydrogen) atoms. The molecule has 1 aromatic heterocycles. The Bertz CT molecular complexity index is 993. The number of hydrogen-bond donors (Lipinski definition) is 3. The van der Waals surface area contributed by atoms with Crippen molar-refractivity contribution < 1.29 is 9.84 Å². The van der Waals surface area contributed by atoms with Crippen molar-refractivity contribution in [2.45, 2.75) is 12.5 Å². The van der Waals surface area contributed by atoms with Crippen molar-refractivity contribution in [2.75, 3.05) is 57.9 Å². The summed E-state index contributed by atoms with van der Waals surface area (Å²) in [6.45, 7) is 6.04. The molecule has 7 heteroatoms. The average Bonchev–Trinajstić information content (AvgIpc) is 3.33. The average molecular weight is 420 g/mol. The van der Waals surface area contributed by atoms with E-state index in [9.17, 15) is 5.11 Å². The van der Waals surface area contributed by atoms with Gasteiger partial charge in [-0.3, -0.25) is 4.98 Å². The van der Waals surface area contributed by atoms with E-state index in [4.69, 9.17) is 9.72 Å². The Morgan fingerprint density at radius 1 is 1.19 bits per heavy atom. The number of aromatic nitrogens is 1. The smallest absolute Gasteiger partial charge is 0.172 e. The fourth-order valence-electron chi connectivity index (χ4n) is 4.62. The molecule has 3 aliphatic heterocycles. The number of ether oxygens (including phenoxy) is 1. The number of nitrogens with zero attached hydrogens (tertiary/aromatic N) is 3. The monoisotopic (exact) mass is 419 g/mol. The molecule has 2 saturated heterocycles.